The average Bonchev–Trinajstić information content (AvgIpc) is 3.18. The Morgan fingerprint density at radius 1 is 1.15 bits per heavy atom. The van der Waals surface area contributed by atoms with Crippen LogP contribution in [0.15, 0.2) is 24.4 Å². The lowest BCUT2D eigenvalue weighted by atomic mass is 9.91. The zero-order valence-electron chi connectivity index (χ0n) is 19.3. The molecule has 0 N–H and O–H groups in total. The minimum absolute atomic E-state index is 0.00398. The minimum Gasteiger partial charge on any atom is -0.300 e. The molecule has 2 aliphatic carbocycles. The molecule has 4 heterocycles. The van der Waals surface area contributed by atoms with E-state index in [2.05, 4.69) is 9.88 Å². The van der Waals surface area contributed by atoms with E-state index in [9.17, 15) is 21.6 Å². The Balaban J connectivity index is 1.17. The second-order valence-corrected chi connectivity index (χ2v) is 13.2. The van der Waals surface area contributed by atoms with Crippen LogP contribution in [0.2, 0.25) is 0 Å². The molecule has 0 aromatic carbocycles. The Kier molecular flexibility index (Phi) is 4.83. The molecule has 0 bridgehead atoms. The van der Waals surface area contributed by atoms with E-state index in [0.717, 1.165) is 44.1 Å². The number of hydrogen-bond donors (Lipinski definition) is 0. The molecule has 0 amide bonds. The highest BCUT2D eigenvalue weighted by Gasteiger charge is 2.60. The van der Waals surface area contributed by atoms with Gasteiger partial charge in [0.2, 0.25) is 0 Å². The monoisotopic (exact) mass is 494 g/mol. The van der Waals surface area contributed by atoms with Crippen LogP contribution in [0.1, 0.15) is 56.5 Å². The molecule has 184 valence electrons. The third-order valence-electron chi connectivity index (χ3n) is 8.40. The largest absolute Gasteiger partial charge is 0.433 e. The summed E-state index contributed by atoms with van der Waals surface area (Å²) in [6, 6.07) is 5.25. The molecular weight excluding hydrogens is 465 g/mol. The van der Waals surface area contributed by atoms with Gasteiger partial charge in [-0.25, -0.2) is 8.42 Å². The van der Waals surface area contributed by atoms with Crippen molar-refractivity contribution in [2.75, 3.05) is 24.6 Å². The van der Waals surface area contributed by atoms with Gasteiger partial charge in [-0.3, -0.25) is 14.6 Å². The van der Waals surface area contributed by atoms with Gasteiger partial charge in [0, 0.05) is 47.4 Å². The first-order valence-electron chi connectivity index (χ1n) is 12.0. The zero-order chi connectivity index (χ0) is 24.0. The van der Waals surface area contributed by atoms with Crippen molar-refractivity contribution >= 4 is 9.84 Å². The second-order valence-electron chi connectivity index (χ2n) is 11.2. The van der Waals surface area contributed by atoms with E-state index < -0.39 is 21.7 Å². The highest BCUT2D eigenvalue weighted by atomic mass is 32.2. The number of fused-ring (bicyclic) bond motifs is 1. The summed E-state index contributed by atoms with van der Waals surface area (Å²) in [4.78, 5) is 5.98. The maximum atomic E-state index is 13.1. The fourth-order valence-electron chi connectivity index (χ4n) is 6.91. The van der Waals surface area contributed by atoms with Crippen LogP contribution in [-0.4, -0.2) is 58.7 Å². The molecule has 2 saturated heterocycles. The highest BCUT2D eigenvalue weighted by molar-refractivity contribution is 7.92. The van der Waals surface area contributed by atoms with Crippen molar-refractivity contribution in [3.8, 4) is 11.3 Å². The van der Waals surface area contributed by atoms with Crippen molar-refractivity contribution in [2.24, 2.45) is 17.3 Å². The minimum atomic E-state index is -4.49. The molecule has 34 heavy (non-hydrogen) atoms. The highest BCUT2D eigenvalue weighted by Crippen LogP contribution is 2.64. The summed E-state index contributed by atoms with van der Waals surface area (Å²) in [5, 5.41) is 4.69. The summed E-state index contributed by atoms with van der Waals surface area (Å²) in [5.41, 5.74) is 1.21. The van der Waals surface area contributed by atoms with Crippen LogP contribution >= 0.6 is 0 Å². The fraction of sp³-hybridized carbons (Fsp3) is 0.667. The van der Waals surface area contributed by atoms with Crippen molar-refractivity contribution in [1.29, 1.82) is 0 Å². The van der Waals surface area contributed by atoms with Gasteiger partial charge in [0.05, 0.1) is 17.2 Å². The van der Waals surface area contributed by atoms with Gasteiger partial charge in [0.1, 0.15) is 5.69 Å². The van der Waals surface area contributed by atoms with Crippen LogP contribution in [0.25, 0.3) is 11.3 Å². The van der Waals surface area contributed by atoms with Crippen LogP contribution in [-0.2, 0) is 16.0 Å². The first kappa shape index (κ1) is 22.5. The van der Waals surface area contributed by atoms with Crippen molar-refractivity contribution in [3.63, 3.8) is 0 Å². The van der Waals surface area contributed by atoms with Gasteiger partial charge in [0.25, 0.3) is 0 Å². The van der Waals surface area contributed by atoms with Crippen LogP contribution in [0.5, 0.6) is 0 Å². The lowest BCUT2D eigenvalue weighted by molar-refractivity contribution is -0.141. The number of nitrogens with zero attached hydrogens (tertiary/aromatic N) is 4. The number of halogens is 3. The summed E-state index contributed by atoms with van der Waals surface area (Å²) < 4.78 is 64.8. The molecule has 2 saturated carbocycles. The molecule has 0 radical (unpaired) electrons. The lowest BCUT2D eigenvalue weighted by Gasteiger charge is -2.38. The van der Waals surface area contributed by atoms with Gasteiger partial charge in [-0.15, -0.1) is 0 Å². The molecule has 6 nitrogen and oxygen atoms in total. The van der Waals surface area contributed by atoms with Crippen molar-refractivity contribution in [3.05, 3.63) is 35.8 Å². The normalized spacial score (nSPS) is 31.7. The number of likely N-dealkylation sites (tertiary alicyclic amines) is 1. The van der Waals surface area contributed by atoms with Gasteiger partial charge < -0.3 is 0 Å². The number of alkyl halides is 3. The fourth-order valence-corrected chi connectivity index (χ4v) is 9.17. The smallest absolute Gasteiger partial charge is 0.300 e. The molecule has 0 unspecified atom stereocenters. The topological polar surface area (TPSA) is 68.1 Å². The van der Waals surface area contributed by atoms with Gasteiger partial charge in [-0.2, -0.15) is 18.3 Å². The van der Waals surface area contributed by atoms with Crippen molar-refractivity contribution < 1.29 is 21.6 Å². The number of pyridine rings is 1. The molecule has 6 rings (SSSR count). The van der Waals surface area contributed by atoms with E-state index >= 15 is 0 Å². The van der Waals surface area contributed by atoms with E-state index in [-0.39, 0.29) is 11.5 Å². The van der Waals surface area contributed by atoms with Crippen LogP contribution in [0, 0.1) is 17.3 Å². The Labute approximate surface area is 197 Å². The molecule has 2 aliphatic heterocycles. The Morgan fingerprint density at radius 3 is 2.47 bits per heavy atom. The van der Waals surface area contributed by atoms with Crippen molar-refractivity contribution in [2.45, 2.75) is 57.3 Å². The Morgan fingerprint density at radius 2 is 1.85 bits per heavy atom. The predicted octanol–water partition coefficient (Wildman–Crippen LogP) is 4.16. The van der Waals surface area contributed by atoms with E-state index in [1.165, 1.54) is 6.20 Å². The van der Waals surface area contributed by atoms with Gasteiger partial charge >= 0.3 is 6.18 Å². The first-order chi connectivity index (χ1) is 15.9. The summed E-state index contributed by atoms with van der Waals surface area (Å²) in [6.07, 6.45) is -0.107. The summed E-state index contributed by atoms with van der Waals surface area (Å²) >= 11 is 0. The molecule has 1 spiro atoms. The quantitative estimate of drug-likeness (QED) is 0.639. The second kappa shape index (κ2) is 7.29. The molecular formula is C24H29F3N4O2S. The maximum absolute atomic E-state index is 13.1. The summed E-state index contributed by atoms with van der Waals surface area (Å²) in [6.45, 7) is 5.98. The lowest BCUT2D eigenvalue weighted by Crippen LogP contribution is -2.50. The summed E-state index contributed by atoms with van der Waals surface area (Å²) in [7, 11) is -2.81. The molecule has 2 aromatic rings. The van der Waals surface area contributed by atoms with Crippen LogP contribution in [0.3, 0.4) is 0 Å². The number of hydrogen-bond acceptors (Lipinski definition) is 5. The van der Waals surface area contributed by atoms with Gasteiger partial charge in [-0.1, -0.05) is 0 Å². The molecule has 4 atom stereocenters. The number of sulfone groups is 1. The molecule has 2 aromatic heterocycles. The molecule has 4 fully saturated rings. The number of aromatic nitrogens is 3. The van der Waals surface area contributed by atoms with E-state index in [1.54, 1.807) is 6.07 Å². The van der Waals surface area contributed by atoms with Crippen LogP contribution < -0.4 is 0 Å². The summed E-state index contributed by atoms with van der Waals surface area (Å²) in [5.74, 6) is 2.22. The molecule has 10 heteroatoms. The Hall–Kier alpha value is -1.94. The third kappa shape index (κ3) is 3.68. The van der Waals surface area contributed by atoms with E-state index in [4.69, 9.17) is 5.10 Å². The van der Waals surface area contributed by atoms with Crippen LogP contribution in [0.4, 0.5) is 13.2 Å². The zero-order valence-corrected chi connectivity index (χ0v) is 20.1. The predicted molar refractivity (Wildman–Crippen MR) is 121 cm³/mol. The average molecular weight is 495 g/mol. The Bertz CT molecular complexity index is 1220. The van der Waals surface area contributed by atoms with E-state index in [0.29, 0.717) is 46.6 Å². The standard InChI is InChI=1S/C24H29F3N4O2S/c1-14(2)31-20(10-19(29-31)15-3-5-28-21(7-15)24(25,26)27)22-17-8-16(9-18(17)22)30-6-4-23(11-30)12-34(32,33)13-23/h3,5,7,10,14,16-18,22H,4,6,8-9,11-13H2,1-2H3/t16-,17+,18-,22-. The van der Waals surface area contributed by atoms with E-state index in [1.807, 2.05) is 24.6 Å². The molecule has 4 aliphatic rings. The first-order valence-corrected chi connectivity index (χ1v) is 13.8. The van der Waals surface area contributed by atoms with Gasteiger partial charge in [0.15, 0.2) is 9.84 Å². The van der Waals surface area contributed by atoms with Gasteiger partial charge in [-0.05, 0) is 69.7 Å². The van der Waals surface area contributed by atoms with Crippen molar-refractivity contribution in [1.82, 2.24) is 19.7 Å². The SMILES string of the molecule is CC(C)n1nc(-c2ccnc(C(F)(F)F)c2)cc1[C@H]1[C@@H]2C[C@H](N3CCC4(C3)CS(=O)(=O)C4)C[C@@H]21. The maximum Gasteiger partial charge on any atom is 0.433 e. The number of rotatable bonds is 4. The third-order valence-corrected chi connectivity index (χ3v) is 10.5.